The van der Waals surface area contributed by atoms with Gasteiger partial charge in [-0.2, -0.15) is 0 Å². The van der Waals surface area contributed by atoms with Crippen LogP contribution in [-0.4, -0.2) is 43.0 Å². The second-order valence-corrected chi connectivity index (χ2v) is 6.26. The smallest absolute Gasteiger partial charge is 0.225 e. The molecule has 2 aliphatic heterocycles. The van der Waals surface area contributed by atoms with Crippen molar-refractivity contribution in [3.63, 3.8) is 0 Å². The number of piperidine rings is 1. The molecule has 4 heteroatoms. The summed E-state index contributed by atoms with van der Waals surface area (Å²) in [5.41, 5.74) is 1.38. The van der Waals surface area contributed by atoms with Crippen LogP contribution in [0.5, 0.6) is 0 Å². The van der Waals surface area contributed by atoms with Crippen LogP contribution in [0, 0.1) is 5.92 Å². The number of amides is 1. The summed E-state index contributed by atoms with van der Waals surface area (Å²) < 4.78 is 0. The second-order valence-electron chi connectivity index (χ2n) is 6.26. The zero-order chi connectivity index (χ0) is 14.7. The third-order valence-corrected chi connectivity index (χ3v) is 4.86. The molecule has 1 aromatic carbocycles. The van der Waals surface area contributed by atoms with Crippen LogP contribution in [0.1, 0.15) is 31.4 Å². The first-order chi connectivity index (χ1) is 10.2. The molecule has 0 radical (unpaired) electrons. The van der Waals surface area contributed by atoms with Gasteiger partial charge >= 0.3 is 0 Å². The molecule has 2 fully saturated rings. The molecule has 0 aliphatic carbocycles. The fourth-order valence-electron chi connectivity index (χ4n) is 3.17. The number of rotatable bonds is 4. The van der Waals surface area contributed by atoms with Crippen LogP contribution in [-0.2, 0) is 4.79 Å². The Labute approximate surface area is 126 Å². The van der Waals surface area contributed by atoms with E-state index in [1.165, 1.54) is 5.56 Å². The molecule has 21 heavy (non-hydrogen) atoms. The Kier molecular flexibility index (Phi) is 4.56. The molecule has 0 aromatic heterocycles. The summed E-state index contributed by atoms with van der Waals surface area (Å²) in [4.78, 5) is 14.5. The number of carbonyl (C=O) groups excluding carboxylic acids is 1. The molecule has 2 N–H and O–H groups in total. The Balaban J connectivity index is 1.47. The highest BCUT2D eigenvalue weighted by molar-refractivity contribution is 5.80. The standard InChI is InChI=1S/C17H25N3O/c1-13(14-5-3-2-4-6-14)20-9-7-16(8-10-20)19-17(21)15-11-18-12-15/h2-6,13,15-16,18H,7-12H2,1H3,(H,19,21). The minimum absolute atomic E-state index is 0.200. The van der Waals surface area contributed by atoms with E-state index in [2.05, 4.69) is 52.8 Å². The maximum atomic E-state index is 12.0. The zero-order valence-corrected chi connectivity index (χ0v) is 12.7. The molecule has 2 saturated heterocycles. The van der Waals surface area contributed by atoms with E-state index < -0.39 is 0 Å². The van der Waals surface area contributed by atoms with Gasteiger partial charge in [0.25, 0.3) is 0 Å². The molecule has 1 amide bonds. The summed E-state index contributed by atoms with van der Waals surface area (Å²) in [7, 11) is 0. The van der Waals surface area contributed by atoms with E-state index in [1.54, 1.807) is 0 Å². The molecule has 1 aromatic rings. The van der Waals surface area contributed by atoms with Gasteiger partial charge < -0.3 is 10.6 Å². The summed E-state index contributed by atoms with van der Waals surface area (Å²) in [5.74, 6) is 0.439. The molecular formula is C17H25N3O. The van der Waals surface area contributed by atoms with E-state index in [-0.39, 0.29) is 11.8 Å². The van der Waals surface area contributed by atoms with E-state index in [1.807, 2.05) is 0 Å². The van der Waals surface area contributed by atoms with Gasteiger partial charge in [-0.1, -0.05) is 30.3 Å². The average Bonchev–Trinajstić information content (AvgIpc) is 2.46. The lowest BCUT2D eigenvalue weighted by Crippen LogP contribution is -2.54. The molecule has 4 nitrogen and oxygen atoms in total. The molecule has 3 rings (SSSR count). The summed E-state index contributed by atoms with van der Waals surface area (Å²) in [6.07, 6.45) is 2.12. The fraction of sp³-hybridized carbons (Fsp3) is 0.588. The van der Waals surface area contributed by atoms with Crippen molar-refractivity contribution in [3.8, 4) is 0 Å². The van der Waals surface area contributed by atoms with Crippen molar-refractivity contribution < 1.29 is 4.79 Å². The van der Waals surface area contributed by atoms with Gasteiger partial charge in [-0.15, -0.1) is 0 Å². The van der Waals surface area contributed by atoms with Crippen LogP contribution in [0.3, 0.4) is 0 Å². The number of likely N-dealkylation sites (tertiary alicyclic amines) is 1. The monoisotopic (exact) mass is 287 g/mol. The van der Waals surface area contributed by atoms with Crippen LogP contribution >= 0.6 is 0 Å². The summed E-state index contributed by atoms with van der Waals surface area (Å²) in [6.45, 7) is 6.08. The topological polar surface area (TPSA) is 44.4 Å². The molecule has 2 aliphatic rings. The minimum Gasteiger partial charge on any atom is -0.353 e. The summed E-state index contributed by atoms with van der Waals surface area (Å²) >= 11 is 0. The Morgan fingerprint density at radius 1 is 1.24 bits per heavy atom. The predicted molar refractivity (Wildman–Crippen MR) is 84.0 cm³/mol. The van der Waals surface area contributed by atoms with E-state index in [9.17, 15) is 4.79 Å². The number of hydrogen-bond acceptors (Lipinski definition) is 3. The first-order valence-corrected chi connectivity index (χ1v) is 8.04. The van der Waals surface area contributed by atoms with E-state index in [4.69, 9.17) is 0 Å². The first-order valence-electron chi connectivity index (χ1n) is 8.04. The van der Waals surface area contributed by atoms with E-state index in [0.29, 0.717) is 12.1 Å². The average molecular weight is 287 g/mol. The molecule has 0 bridgehead atoms. The van der Waals surface area contributed by atoms with Crippen LogP contribution < -0.4 is 10.6 Å². The Morgan fingerprint density at radius 3 is 2.48 bits per heavy atom. The first kappa shape index (κ1) is 14.5. The van der Waals surface area contributed by atoms with Gasteiger partial charge in [0.1, 0.15) is 0 Å². The third kappa shape index (κ3) is 3.44. The van der Waals surface area contributed by atoms with Crippen LogP contribution in [0.25, 0.3) is 0 Å². The van der Waals surface area contributed by atoms with Gasteiger partial charge in [-0.3, -0.25) is 9.69 Å². The molecular weight excluding hydrogens is 262 g/mol. The highest BCUT2D eigenvalue weighted by atomic mass is 16.2. The van der Waals surface area contributed by atoms with E-state index in [0.717, 1.165) is 39.0 Å². The van der Waals surface area contributed by atoms with Crippen molar-refractivity contribution in [3.05, 3.63) is 35.9 Å². The van der Waals surface area contributed by atoms with Gasteiger partial charge in [0.05, 0.1) is 5.92 Å². The van der Waals surface area contributed by atoms with Gasteiger partial charge in [0.2, 0.25) is 5.91 Å². The van der Waals surface area contributed by atoms with Gasteiger partial charge in [-0.25, -0.2) is 0 Å². The van der Waals surface area contributed by atoms with Gasteiger partial charge in [0.15, 0.2) is 0 Å². The quantitative estimate of drug-likeness (QED) is 0.883. The van der Waals surface area contributed by atoms with Crippen molar-refractivity contribution in [1.29, 1.82) is 0 Å². The molecule has 0 saturated carbocycles. The number of nitrogens with zero attached hydrogens (tertiary/aromatic N) is 1. The van der Waals surface area contributed by atoms with Crippen molar-refractivity contribution in [2.75, 3.05) is 26.2 Å². The van der Waals surface area contributed by atoms with Crippen molar-refractivity contribution in [2.24, 2.45) is 5.92 Å². The largest absolute Gasteiger partial charge is 0.353 e. The SMILES string of the molecule is CC(c1ccccc1)N1CCC(NC(=O)C2CNC2)CC1. The van der Waals surface area contributed by atoms with Crippen molar-refractivity contribution >= 4 is 5.91 Å². The summed E-state index contributed by atoms with van der Waals surface area (Å²) in [6, 6.07) is 11.5. The van der Waals surface area contributed by atoms with Crippen LogP contribution in [0.4, 0.5) is 0 Å². The van der Waals surface area contributed by atoms with Crippen molar-refractivity contribution in [2.45, 2.75) is 31.8 Å². The molecule has 2 heterocycles. The lowest BCUT2D eigenvalue weighted by atomic mass is 9.98. The maximum Gasteiger partial charge on any atom is 0.225 e. The second kappa shape index (κ2) is 6.58. The molecule has 0 spiro atoms. The molecule has 114 valence electrons. The third-order valence-electron chi connectivity index (χ3n) is 4.86. The number of benzene rings is 1. The maximum absolute atomic E-state index is 12.0. The van der Waals surface area contributed by atoms with Crippen LogP contribution in [0.2, 0.25) is 0 Å². The van der Waals surface area contributed by atoms with E-state index >= 15 is 0 Å². The lowest BCUT2D eigenvalue weighted by molar-refractivity contribution is -0.127. The highest BCUT2D eigenvalue weighted by Gasteiger charge is 2.29. The minimum atomic E-state index is 0.200. The Bertz CT molecular complexity index is 464. The molecule has 1 atom stereocenters. The number of carbonyl (C=O) groups is 1. The van der Waals surface area contributed by atoms with Gasteiger partial charge in [-0.05, 0) is 25.3 Å². The molecule has 1 unspecified atom stereocenters. The Morgan fingerprint density at radius 2 is 1.90 bits per heavy atom. The fourth-order valence-corrected chi connectivity index (χ4v) is 3.17. The zero-order valence-electron chi connectivity index (χ0n) is 12.7. The number of hydrogen-bond donors (Lipinski definition) is 2. The van der Waals surface area contributed by atoms with Crippen molar-refractivity contribution in [1.82, 2.24) is 15.5 Å². The summed E-state index contributed by atoms with van der Waals surface area (Å²) in [5, 5.41) is 6.36. The predicted octanol–water partition coefficient (Wildman–Crippen LogP) is 1.55. The van der Waals surface area contributed by atoms with Crippen LogP contribution in [0.15, 0.2) is 30.3 Å². The Hall–Kier alpha value is -1.39. The lowest BCUT2D eigenvalue weighted by Gasteiger charge is -2.37. The van der Waals surface area contributed by atoms with Gasteiger partial charge in [0, 0.05) is 38.3 Å². The highest BCUT2D eigenvalue weighted by Crippen LogP contribution is 2.24. The number of nitrogens with one attached hydrogen (secondary N) is 2. The normalized spacial score (nSPS) is 22.5.